The zero-order valence-corrected chi connectivity index (χ0v) is 21.8. The number of amides is 4. The number of carbonyl (C=O) groups is 3. The summed E-state index contributed by atoms with van der Waals surface area (Å²) < 4.78 is 0. The second kappa shape index (κ2) is 11.4. The van der Waals surface area contributed by atoms with Gasteiger partial charge in [0.05, 0.1) is 0 Å². The Balaban J connectivity index is 1.75. The van der Waals surface area contributed by atoms with Crippen molar-refractivity contribution in [1.82, 2.24) is 9.80 Å². The number of hydrogen-bond donors (Lipinski definition) is 1. The Morgan fingerprint density at radius 2 is 1.66 bits per heavy atom. The Hall–Kier alpha value is -3.35. The van der Waals surface area contributed by atoms with Gasteiger partial charge < -0.3 is 15.1 Å². The van der Waals surface area contributed by atoms with Gasteiger partial charge in [-0.3, -0.25) is 14.5 Å². The lowest BCUT2D eigenvalue weighted by molar-refractivity contribution is -0.132. The molecule has 3 rings (SSSR count). The van der Waals surface area contributed by atoms with Gasteiger partial charge in [0, 0.05) is 17.9 Å². The van der Waals surface area contributed by atoms with Gasteiger partial charge in [-0.15, -0.1) is 0 Å². The molecular weight excluding hydrogens is 440 g/mol. The maximum Gasteiger partial charge on any atom is 0.322 e. The van der Waals surface area contributed by atoms with E-state index in [2.05, 4.69) is 33.0 Å². The van der Waals surface area contributed by atoms with Gasteiger partial charge in [0.2, 0.25) is 11.8 Å². The summed E-state index contributed by atoms with van der Waals surface area (Å²) in [7, 11) is 0. The Morgan fingerprint density at radius 3 is 2.23 bits per heavy atom. The van der Waals surface area contributed by atoms with Crippen LogP contribution >= 0.6 is 0 Å². The number of anilines is 2. The zero-order chi connectivity index (χ0) is 25.7. The number of nitrogens with one attached hydrogen (secondary N) is 1. The molecule has 0 bridgehead atoms. The quantitative estimate of drug-likeness (QED) is 0.558. The lowest BCUT2D eigenvalue weighted by atomic mass is 9.93. The molecule has 1 aliphatic rings. The maximum atomic E-state index is 13.4. The summed E-state index contributed by atoms with van der Waals surface area (Å²) >= 11 is 0. The van der Waals surface area contributed by atoms with Crippen molar-refractivity contribution in [2.45, 2.75) is 59.8 Å². The predicted molar refractivity (Wildman–Crippen MR) is 141 cm³/mol. The Labute approximate surface area is 209 Å². The first-order valence-corrected chi connectivity index (χ1v) is 12.5. The van der Waals surface area contributed by atoms with Crippen molar-refractivity contribution in [2.24, 2.45) is 0 Å². The molecule has 2 aromatic rings. The number of urea groups is 1. The van der Waals surface area contributed by atoms with Crippen molar-refractivity contribution in [3.63, 3.8) is 0 Å². The van der Waals surface area contributed by atoms with E-state index in [1.165, 1.54) is 4.90 Å². The lowest BCUT2D eigenvalue weighted by Gasteiger charge is -2.27. The summed E-state index contributed by atoms with van der Waals surface area (Å²) in [6.07, 6.45) is 0.720. The first kappa shape index (κ1) is 26.3. The van der Waals surface area contributed by atoms with Gasteiger partial charge in [-0.1, -0.05) is 65.0 Å². The third-order valence-corrected chi connectivity index (χ3v) is 6.32. The first-order chi connectivity index (χ1) is 16.6. The number of rotatable bonds is 8. The zero-order valence-electron chi connectivity index (χ0n) is 21.8. The number of hydrogen-bond acceptors (Lipinski definition) is 3. The highest BCUT2D eigenvalue weighted by molar-refractivity contribution is 6.01. The molecule has 35 heavy (non-hydrogen) atoms. The maximum absolute atomic E-state index is 13.4. The summed E-state index contributed by atoms with van der Waals surface area (Å²) in [5.41, 5.74) is 4.81. The highest BCUT2D eigenvalue weighted by Crippen LogP contribution is 2.32. The average molecular weight is 479 g/mol. The molecule has 2 aromatic carbocycles. The van der Waals surface area contributed by atoms with E-state index in [9.17, 15) is 14.4 Å². The molecule has 1 N–H and O–H groups in total. The molecule has 0 unspecified atom stereocenters. The van der Waals surface area contributed by atoms with Crippen LogP contribution in [-0.4, -0.2) is 53.9 Å². The van der Waals surface area contributed by atoms with Crippen LogP contribution in [0.25, 0.3) is 0 Å². The van der Waals surface area contributed by atoms with Crippen LogP contribution in [-0.2, 0) is 9.59 Å². The van der Waals surface area contributed by atoms with Crippen LogP contribution in [0.1, 0.15) is 69.6 Å². The van der Waals surface area contributed by atoms with Crippen LogP contribution in [0.4, 0.5) is 16.2 Å². The fourth-order valence-electron chi connectivity index (χ4n) is 4.40. The van der Waals surface area contributed by atoms with Gasteiger partial charge in [-0.05, 0) is 54.0 Å². The molecule has 0 atom stereocenters. The van der Waals surface area contributed by atoms with Gasteiger partial charge in [0.15, 0.2) is 0 Å². The predicted octanol–water partition coefficient (Wildman–Crippen LogP) is 5.32. The smallest absolute Gasteiger partial charge is 0.315 e. The molecule has 188 valence electrons. The topological polar surface area (TPSA) is 73.0 Å². The number of benzene rings is 2. The summed E-state index contributed by atoms with van der Waals surface area (Å²) in [4.78, 5) is 43.8. The molecule has 1 saturated heterocycles. The minimum absolute atomic E-state index is 0.0159. The molecule has 0 saturated carbocycles. The third kappa shape index (κ3) is 6.21. The fraction of sp³-hybridized carbons (Fsp3) is 0.464. The second-order valence-corrected chi connectivity index (χ2v) is 9.87. The summed E-state index contributed by atoms with van der Waals surface area (Å²) in [5, 5.41) is 3.11. The first-order valence-electron chi connectivity index (χ1n) is 12.5. The van der Waals surface area contributed by atoms with Gasteiger partial charge in [0.25, 0.3) is 0 Å². The molecule has 1 heterocycles. The van der Waals surface area contributed by atoms with E-state index in [0.29, 0.717) is 6.54 Å². The Bertz CT molecular complexity index is 1050. The SMILES string of the molecule is CCCN(CC(=O)N1CC(=O)N(c2cccc(C)c2)C1)C(=O)Nc1c(C(C)C)cccc1C(C)C. The number of nitrogens with zero attached hydrogens (tertiary/aromatic N) is 3. The normalized spacial score (nSPS) is 13.7. The van der Waals surface area contributed by atoms with Crippen LogP contribution in [0, 0.1) is 6.92 Å². The molecule has 4 amide bonds. The van der Waals surface area contributed by atoms with Gasteiger partial charge in [0.1, 0.15) is 19.8 Å². The van der Waals surface area contributed by atoms with Crippen LogP contribution in [0.15, 0.2) is 42.5 Å². The molecule has 0 aliphatic carbocycles. The van der Waals surface area contributed by atoms with Crippen LogP contribution in [0.3, 0.4) is 0 Å². The molecule has 1 aliphatic heterocycles. The molecule has 7 nitrogen and oxygen atoms in total. The summed E-state index contributed by atoms with van der Waals surface area (Å²) in [6.45, 7) is 12.9. The number of carbonyl (C=O) groups excluding carboxylic acids is 3. The van der Waals surface area contributed by atoms with E-state index in [4.69, 9.17) is 0 Å². The third-order valence-electron chi connectivity index (χ3n) is 6.32. The van der Waals surface area contributed by atoms with E-state index >= 15 is 0 Å². The van der Waals surface area contributed by atoms with Crippen molar-refractivity contribution >= 4 is 29.2 Å². The van der Waals surface area contributed by atoms with Crippen molar-refractivity contribution in [2.75, 3.05) is 36.5 Å². The molecular formula is C28H38N4O3. The van der Waals surface area contributed by atoms with Gasteiger partial charge >= 0.3 is 6.03 Å². The van der Waals surface area contributed by atoms with Crippen LogP contribution in [0.2, 0.25) is 0 Å². The summed E-state index contributed by atoms with van der Waals surface area (Å²) in [6, 6.07) is 13.5. The van der Waals surface area contributed by atoms with Crippen LogP contribution in [0.5, 0.6) is 0 Å². The summed E-state index contributed by atoms with van der Waals surface area (Å²) in [5.74, 6) is 0.128. The highest BCUT2D eigenvalue weighted by Gasteiger charge is 2.33. The van der Waals surface area contributed by atoms with E-state index in [0.717, 1.165) is 34.5 Å². The minimum atomic E-state index is -0.295. The largest absolute Gasteiger partial charge is 0.322 e. The van der Waals surface area contributed by atoms with E-state index < -0.39 is 0 Å². The molecule has 1 fully saturated rings. The Morgan fingerprint density at radius 1 is 1.03 bits per heavy atom. The minimum Gasteiger partial charge on any atom is -0.315 e. The molecule has 0 radical (unpaired) electrons. The van der Waals surface area contributed by atoms with E-state index in [1.807, 2.05) is 56.3 Å². The average Bonchev–Trinajstić information content (AvgIpc) is 3.20. The van der Waals surface area contributed by atoms with Gasteiger partial charge in [-0.25, -0.2) is 4.79 Å². The Kier molecular flexibility index (Phi) is 8.54. The standard InChI is InChI=1S/C28H38N4O3/c1-7-14-30(28(35)29-27-23(19(2)3)12-9-13-24(27)20(4)5)16-25(33)31-17-26(34)32(18-31)22-11-8-10-21(6)15-22/h8-13,15,19-20H,7,14,16-18H2,1-6H3,(H,29,35). The fourth-order valence-corrected chi connectivity index (χ4v) is 4.40. The lowest BCUT2D eigenvalue weighted by Crippen LogP contribution is -2.44. The second-order valence-electron chi connectivity index (χ2n) is 9.87. The number of para-hydroxylation sites is 1. The number of aryl methyl sites for hydroxylation is 1. The molecule has 0 aromatic heterocycles. The highest BCUT2D eigenvalue weighted by atomic mass is 16.2. The molecule has 7 heteroatoms. The van der Waals surface area contributed by atoms with Crippen LogP contribution < -0.4 is 10.2 Å². The molecule has 0 spiro atoms. The van der Waals surface area contributed by atoms with E-state index in [-0.39, 0.29) is 49.4 Å². The monoisotopic (exact) mass is 478 g/mol. The van der Waals surface area contributed by atoms with Gasteiger partial charge in [-0.2, -0.15) is 0 Å². The van der Waals surface area contributed by atoms with Crippen molar-refractivity contribution < 1.29 is 14.4 Å². The van der Waals surface area contributed by atoms with Crippen molar-refractivity contribution in [3.05, 3.63) is 59.2 Å². The van der Waals surface area contributed by atoms with Crippen molar-refractivity contribution in [1.29, 1.82) is 0 Å². The van der Waals surface area contributed by atoms with E-state index in [1.54, 1.807) is 9.80 Å². The van der Waals surface area contributed by atoms with Crippen molar-refractivity contribution in [3.8, 4) is 0 Å².